The van der Waals surface area contributed by atoms with Gasteiger partial charge >= 0.3 is 0 Å². The molecule has 0 bridgehead atoms. The summed E-state index contributed by atoms with van der Waals surface area (Å²) in [5.74, 6) is 0. The van der Waals surface area contributed by atoms with E-state index in [1.54, 1.807) is 11.3 Å². The molecule has 1 heterocycles. The number of nitrogens with one attached hydrogen (secondary N) is 1. The molecule has 0 fully saturated rings. The van der Waals surface area contributed by atoms with E-state index in [1.165, 1.54) is 11.1 Å². The third kappa shape index (κ3) is 3.40. The summed E-state index contributed by atoms with van der Waals surface area (Å²) in [7, 11) is 0. The summed E-state index contributed by atoms with van der Waals surface area (Å²) in [6, 6.07) is 19.2. The lowest BCUT2D eigenvalue weighted by Gasteiger charge is -2.06. The van der Waals surface area contributed by atoms with E-state index < -0.39 is 0 Å². The van der Waals surface area contributed by atoms with Crippen LogP contribution in [0.3, 0.4) is 0 Å². The van der Waals surface area contributed by atoms with Crippen LogP contribution in [0.4, 0.5) is 0 Å². The maximum Gasteiger partial charge on any atom is 0.148 e. The molecule has 0 aliphatic heterocycles. The highest BCUT2D eigenvalue weighted by Gasteiger charge is 2.11. The highest BCUT2D eigenvalue weighted by molar-refractivity contribution is 7.14. The van der Waals surface area contributed by atoms with Crippen LogP contribution in [-0.4, -0.2) is 16.2 Å². The van der Waals surface area contributed by atoms with Crippen LogP contribution in [0.1, 0.15) is 18.9 Å². The predicted octanol–water partition coefficient (Wildman–Crippen LogP) is 4.37. The van der Waals surface area contributed by atoms with Crippen LogP contribution in [-0.2, 0) is 6.54 Å². The first-order chi connectivity index (χ1) is 10.7. The van der Waals surface area contributed by atoms with Gasteiger partial charge in [0.05, 0.1) is 0 Å². The molecule has 0 radical (unpaired) electrons. The standard InChI is InChI=1S/C18H19N3S/c1-13(2)19-12-17-20-21-18(22-17)16-11-7-6-10-15(16)14-8-4-3-5-9-14/h3-11,13,19H,12H2,1-2H3. The second kappa shape index (κ2) is 6.81. The fourth-order valence-corrected chi connectivity index (χ4v) is 3.09. The van der Waals surface area contributed by atoms with Crippen LogP contribution >= 0.6 is 11.3 Å². The Hall–Kier alpha value is -2.04. The lowest BCUT2D eigenvalue weighted by atomic mass is 10.0. The Bertz CT molecular complexity index is 735. The van der Waals surface area contributed by atoms with E-state index in [0.29, 0.717) is 6.04 Å². The van der Waals surface area contributed by atoms with Crippen molar-refractivity contribution in [1.29, 1.82) is 0 Å². The minimum absolute atomic E-state index is 0.448. The number of nitrogens with zero attached hydrogens (tertiary/aromatic N) is 2. The van der Waals surface area contributed by atoms with Crippen molar-refractivity contribution >= 4 is 11.3 Å². The van der Waals surface area contributed by atoms with Gasteiger partial charge in [-0.25, -0.2) is 0 Å². The Morgan fingerprint density at radius 1 is 0.909 bits per heavy atom. The quantitative estimate of drug-likeness (QED) is 0.760. The van der Waals surface area contributed by atoms with Crippen molar-refractivity contribution < 1.29 is 0 Å². The summed E-state index contributed by atoms with van der Waals surface area (Å²) in [5.41, 5.74) is 3.54. The van der Waals surface area contributed by atoms with Crippen molar-refractivity contribution in [3.63, 3.8) is 0 Å². The zero-order valence-electron chi connectivity index (χ0n) is 12.8. The summed E-state index contributed by atoms with van der Waals surface area (Å²) in [6.45, 7) is 5.03. The van der Waals surface area contributed by atoms with Crippen molar-refractivity contribution in [2.45, 2.75) is 26.4 Å². The zero-order valence-corrected chi connectivity index (χ0v) is 13.6. The van der Waals surface area contributed by atoms with Crippen molar-refractivity contribution in [2.75, 3.05) is 0 Å². The van der Waals surface area contributed by atoms with Crippen LogP contribution in [0.25, 0.3) is 21.7 Å². The van der Waals surface area contributed by atoms with E-state index >= 15 is 0 Å². The number of hydrogen-bond acceptors (Lipinski definition) is 4. The Morgan fingerprint density at radius 3 is 2.32 bits per heavy atom. The maximum atomic E-state index is 4.38. The lowest BCUT2D eigenvalue weighted by molar-refractivity contribution is 0.585. The van der Waals surface area contributed by atoms with Crippen molar-refractivity contribution in [1.82, 2.24) is 15.5 Å². The summed E-state index contributed by atoms with van der Waals surface area (Å²) in [4.78, 5) is 0. The van der Waals surface area contributed by atoms with Gasteiger partial charge in [-0.2, -0.15) is 0 Å². The average molecular weight is 309 g/mol. The molecule has 3 nitrogen and oxygen atoms in total. The molecule has 0 unspecified atom stereocenters. The highest BCUT2D eigenvalue weighted by atomic mass is 32.1. The van der Waals surface area contributed by atoms with Crippen LogP contribution in [0.15, 0.2) is 54.6 Å². The minimum atomic E-state index is 0.448. The third-order valence-electron chi connectivity index (χ3n) is 3.37. The molecule has 2 aromatic carbocycles. The molecule has 0 spiro atoms. The predicted molar refractivity (Wildman–Crippen MR) is 92.8 cm³/mol. The third-order valence-corrected chi connectivity index (χ3v) is 4.33. The molecule has 22 heavy (non-hydrogen) atoms. The zero-order chi connectivity index (χ0) is 15.4. The van der Waals surface area contributed by atoms with Crippen LogP contribution in [0.2, 0.25) is 0 Å². The first kappa shape index (κ1) is 14.9. The molecular formula is C18H19N3S. The fourth-order valence-electron chi connectivity index (χ4n) is 2.26. The van der Waals surface area contributed by atoms with Gasteiger partial charge in [-0.15, -0.1) is 10.2 Å². The van der Waals surface area contributed by atoms with Gasteiger partial charge in [0.1, 0.15) is 10.0 Å². The SMILES string of the molecule is CC(C)NCc1nnc(-c2ccccc2-c2ccccc2)s1. The largest absolute Gasteiger partial charge is 0.308 e. The van der Waals surface area contributed by atoms with E-state index in [0.717, 1.165) is 22.1 Å². The van der Waals surface area contributed by atoms with Crippen LogP contribution in [0.5, 0.6) is 0 Å². The molecule has 0 saturated carbocycles. The van der Waals surface area contributed by atoms with Crippen molar-refractivity contribution in [2.24, 2.45) is 0 Å². The van der Waals surface area contributed by atoms with E-state index in [-0.39, 0.29) is 0 Å². The second-order valence-corrected chi connectivity index (χ2v) is 6.51. The topological polar surface area (TPSA) is 37.8 Å². The number of rotatable bonds is 5. The molecule has 112 valence electrons. The van der Waals surface area contributed by atoms with Gasteiger partial charge in [-0.05, 0) is 11.1 Å². The molecule has 4 heteroatoms. The second-order valence-electron chi connectivity index (χ2n) is 5.45. The number of hydrogen-bond donors (Lipinski definition) is 1. The van der Waals surface area contributed by atoms with Gasteiger partial charge in [0.2, 0.25) is 0 Å². The Morgan fingerprint density at radius 2 is 1.59 bits per heavy atom. The summed E-state index contributed by atoms with van der Waals surface area (Å²) >= 11 is 1.65. The van der Waals surface area contributed by atoms with Crippen LogP contribution < -0.4 is 5.32 Å². The van der Waals surface area contributed by atoms with Gasteiger partial charge in [0.15, 0.2) is 0 Å². The molecule has 0 saturated heterocycles. The number of benzene rings is 2. The Kier molecular flexibility index (Phi) is 4.61. The first-order valence-electron chi connectivity index (χ1n) is 7.44. The Balaban J connectivity index is 1.93. The molecule has 1 N–H and O–H groups in total. The fraction of sp³-hybridized carbons (Fsp3) is 0.222. The summed E-state index contributed by atoms with van der Waals surface area (Å²) in [5, 5.41) is 14.1. The van der Waals surface area contributed by atoms with Crippen molar-refractivity contribution in [3.05, 3.63) is 59.6 Å². The minimum Gasteiger partial charge on any atom is -0.308 e. The Labute approximate surface area is 135 Å². The van der Waals surface area contributed by atoms with Gasteiger partial charge in [-0.1, -0.05) is 79.8 Å². The van der Waals surface area contributed by atoms with Crippen LogP contribution in [0, 0.1) is 0 Å². The monoisotopic (exact) mass is 309 g/mol. The lowest BCUT2D eigenvalue weighted by Crippen LogP contribution is -2.21. The maximum absolute atomic E-state index is 4.38. The number of aromatic nitrogens is 2. The van der Waals surface area contributed by atoms with E-state index in [9.17, 15) is 0 Å². The molecule has 0 aliphatic carbocycles. The summed E-state index contributed by atoms with van der Waals surface area (Å²) < 4.78 is 0. The average Bonchev–Trinajstić information content (AvgIpc) is 3.03. The first-order valence-corrected chi connectivity index (χ1v) is 8.26. The molecule has 3 rings (SSSR count). The molecular weight excluding hydrogens is 290 g/mol. The van der Waals surface area contributed by atoms with Gasteiger partial charge < -0.3 is 5.32 Å². The normalized spacial score (nSPS) is 11.0. The molecule has 0 atom stereocenters. The molecule has 0 aliphatic rings. The highest BCUT2D eigenvalue weighted by Crippen LogP contribution is 2.33. The summed E-state index contributed by atoms with van der Waals surface area (Å²) in [6.07, 6.45) is 0. The van der Waals surface area contributed by atoms with Crippen molar-refractivity contribution in [3.8, 4) is 21.7 Å². The molecule has 1 aromatic heterocycles. The van der Waals surface area contributed by atoms with E-state index in [2.05, 4.69) is 77.9 Å². The van der Waals surface area contributed by atoms with Gasteiger partial charge in [0.25, 0.3) is 0 Å². The molecule has 3 aromatic rings. The smallest absolute Gasteiger partial charge is 0.148 e. The molecule has 0 amide bonds. The van der Waals surface area contributed by atoms with E-state index in [4.69, 9.17) is 0 Å². The van der Waals surface area contributed by atoms with E-state index in [1.807, 2.05) is 6.07 Å². The van der Waals surface area contributed by atoms with Gasteiger partial charge in [-0.3, -0.25) is 0 Å². The van der Waals surface area contributed by atoms with Gasteiger partial charge in [0, 0.05) is 18.2 Å².